The Morgan fingerprint density at radius 1 is 0.514 bits per heavy atom. The first-order valence-corrected chi connectivity index (χ1v) is 12.7. The maximum absolute atomic E-state index is 6.33. The summed E-state index contributed by atoms with van der Waals surface area (Å²) in [5.41, 5.74) is 4.37. The number of rotatable bonds is 0. The van der Waals surface area contributed by atoms with Crippen molar-refractivity contribution in [1.29, 1.82) is 0 Å². The van der Waals surface area contributed by atoms with Crippen molar-refractivity contribution in [2.45, 2.75) is 0 Å². The molecule has 0 saturated heterocycles. The molecule has 9 rings (SSSR count). The van der Waals surface area contributed by atoms with E-state index in [0.717, 1.165) is 16.6 Å². The van der Waals surface area contributed by atoms with E-state index in [4.69, 9.17) is 4.42 Å². The zero-order chi connectivity index (χ0) is 22.7. The van der Waals surface area contributed by atoms with Crippen LogP contribution in [0.3, 0.4) is 0 Å². The molecule has 0 spiro atoms. The van der Waals surface area contributed by atoms with E-state index in [1.165, 1.54) is 63.5 Å². The molecule has 4 heterocycles. The molecule has 0 aliphatic carbocycles. The number of thiophene rings is 1. The van der Waals surface area contributed by atoms with Gasteiger partial charge in [0.15, 0.2) is 0 Å². The number of benzene rings is 5. The lowest BCUT2D eigenvalue weighted by Gasteiger charge is -2.11. The van der Waals surface area contributed by atoms with Crippen LogP contribution in [0.1, 0.15) is 0 Å². The molecule has 0 aliphatic rings. The first kappa shape index (κ1) is 18.0. The molecule has 0 radical (unpaired) electrons. The number of nitrogens with zero attached hydrogens (tertiary/aromatic N) is 1. The van der Waals surface area contributed by atoms with Gasteiger partial charge in [0, 0.05) is 58.7 Å². The first-order valence-electron chi connectivity index (χ1n) is 11.9. The number of hydrogen-bond acceptors (Lipinski definition) is 2. The van der Waals surface area contributed by atoms with E-state index < -0.39 is 0 Å². The van der Waals surface area contributed by atoms with Gasteiger partial charge in [-0.25, -0.2) is 0 Å². The minimum Gasteiger partial charge on any atom is -0.456 e. The Morgan fingerprint density at radius 2 is 1.29 bits per heavy atom. The van der Waals surface area contributed by atoms with Gasteiger partial charge < -0.3 is 8.82 Å². The summed E-state index contributed by atoms with van der Waals surface area (Å²) in [7, 11) is 0. The SMILES string of the molecule is c1ccc2c(c1)cn1c3cc4sc5ccccc5c4cc3c3cc4oc5ccccc5c4cc3c21. The van der Waals surface area contributed by atoms with Crippen molar-refractivity contribution < 1.29 is 4.42 Å². The maximum atomic E-state index is 6.33. The molecule has 9 aromatic rings. The van der Waals surface area contributed by atoms with Crippen LogP contribution in [-0.2, 0) is 0 Å². The zero-order valence-electron chi connectivity index (χ0n) is 18.6. The summed E-state index contributed by atoms with van der Waals surface area (Å²) < 4.78 is 11.4. The van der Waals surface area contributed by atoms with E-state index in [2.05, 4.69) is 102 Å². The third-order valence-electron chi connectivity index (χ3n) is 7.54. The molecule has 162 valence electrons. The van der Waals surface area contributed by atoms with Crippen molar-refractivity contribution in [2.24, 2.45) is 0 Å². The molecule has 5 aromatic carbocycles. The van der Waals surface area contributed by atoms with Crippen molar-refractivity contribution >= 4 is 91.4 Å². The van der Waals surface area contributed by atoms with Gasteiger partial charge in [-0.2, -0.15) is 0 Å². The molecule has 0 N–H and O–H groups in total. The van der Waals surface area contributed by atoms with Crippen molar-refractivity contribution in [2.75, 3.05) is 0 Å². The van der Waals surface area contributed by atoms with E-state index in [1.807, 2.05) is 17.4 Å². The number of pyridine rings is 1. The van der Waals surface area contributed by atoms with Crippen LogP contribution in [0, 0.1) is 0 Å². The van der Waals surface area contributed by atoms with Crippen LogP contribution < -0.4 is 0 Å². The van der Waals surface area contributed by atoms with Crippen LogP contribution in [0.15, 0.2) is 108 Å². The standard InChI is InChI=1S/C32H17NOS/c1-2-8-19-18(7-1)17-33-27-16-31-25(21-10-4-6-12-30(21)35-31)13-23(27)22-15-29-24(14-26(22)32(19)33)20-9-3-5-11-28(20)34-29/h1-17H. The van der Waals surface area contributed by atoms with Gasteiger partial charge in [-0.1, -0.05) is 60.7 Å². The lowest BCUT2D eigenvalue weighted by atomic mass is 9.99. The molecule has 0 atom stereocenters. The van der Waals surface area contributed by atoms with Gasteiger partial charge in [0.1, 0.15) is 11.2 Å². The molecule has 4 aromatic heterocycles. The molecular weight excluding hydrogens is 446 g/mol. The van der Waals surface area contributed by atoms with Gasteiger partial charge in [-0.3, -0.25) is 0 Å². The molecule has 0 bridgehead atoms. The van der Waals surface area contributed by atoms with E-state index in [9.17, 15) is 0 Å². The molecule has 0 amide bonds. The van der Waals surface area contributed by atoms with Crippen molar-refractivity contribution in [1.82, 2.24) is 4.40 Å². The minimum atomic E-state index is 0.935. The molecule has 3 heteroatoms. The number of fused-ring (bicyclic) bond motifs is 14. The van der Waals surface area contributed by atoms with Gasteiger partial charge in [-0.15, -0.1) is 11.3 Å². The van der Waals surface area contributed by atoms with Crippen LogP contribution in [0.2, 0.25) is 0 Å². The Hall–Kier alpha value is -4.34. The average Bonchev–Trinajstić information content (AvgIpc) is 3.57. The summed E-state index contributed by atoms with van der Waals surface area (Å²) in [6.07, 6.45) is 2.29. The highest BCUT2D eigenvalue weighted by atomic mass is 32.1. The van der Waals surface area contributed by atoms with Crippen molar-refractivity contribution in [3.63, 3.8) is 0 Å². The number of hydrogen-bond donors (Lipinski definition) is 0. The number of aromatic nitrogens is 1. The highest BCUT2D eigenvalue weighted by Crippen LogP contribution is 2.43. The first-order chi connectivity index (χ1) is 17.3. The molecule has 35 heavy (non-hydrogen) atoms. The van der Waals surface area contributed by atoms with Crippen LogP contribution in [-0.4, -0.2) is 4.40 Å². The van der Waals surface area contributed by atoms with E-state index in [-0.39, 0.29) is 0 Å². The second-order valence-corrected chi connectivity index (χ2v) is 10.5. The summed E-state index contributed by atoms with van der Waals surface area (Å²) in [5, 5.41) is 11.3. The fourth-order valence-corrected chi connectivity index (χ4v) is 7.11. The van der Waals surface area contributed by atoms with Crippen LogP contribution in [0.4, 0.5) is 0 Å². The highest BCUT2D eigenvalue weighted by molar-refractivity contribution is 7.25. The van der Waals surface area contributed by atoms with Crippen LogP contribution >= 0.6 is 11.3 Å². The number of furan rings is 1. The largest absolute Gasteiger partial charge is 0.456 e. The van der Waals surface area contributed by atoms with Gasteiger partial charge in [0.2, 0.25) is 0 Å². The molecule has 0 aliphatic heterocycles. The summed E-state index contributed by atoms with van der Waals surface area (Å²) >= 11 is 1.87. The van der Waals surface area contributed by atoms with Gasteiger partial charge in [-0.05, 0) is 41.8 Å². The quantitative estimate of drug-likeness (QED) is 0.205. The lowest BCUT2D eigenvalue weighted by molar-refractivity contribution is 0.669. The van der Waals surface area contributed by atoms with E-state index in [1.54, 1.807) is 0 Å². The molecule has 0 saturated carbocycles. The molecule has 0 unspecified atom stereocenters. The Balaban J connectivity index is 1.60. The maximum Gasteiger partial charge on any atom is 0.136 e. The fraction of sp³-hybridized carbons (Fsp3) is 0. The van der Waals surface area contributed by atoms with Crippen molar-refractivity contribution in [3.8, 4) is 0 Å². The van der Waals surface area contributed by atoms with Gasteiger partial charge in [0.25, 0.3) is 0 Å². The summed E-state index contributed by atoms with van der Waals surface area (Å²) in [6.45, 7) is 0. The predicted molar refractivity (Wildman–Crippen MR) is 150 cm³/mol. The van der Waals surface area contributed by atoms with Crippen LogP contribution in [0.25, 0.3) is 80.1 Å². The van der Waals surface area contributed by atoms with Gasteiger partial charge >= 0.3 is 0 Å². The summed E-state index contributed by atoms with van der Waals surface area (Å²) in [6, 6.07) is 35.1. The average molecular weight is 464 g/mol. The second-order valence-electron chi connectivity index (χ2n) is 9.39. The Morgan fingerprint density at radius 3 is 2.23 bits per heavy atom. The molecular formula is C32H17NOS. The minimum absolute atomic E-state index is 0.935. The highest BCUT2D eigenvalue weighted by Gasteiger charge is 2.17. The summed E-state index contributed by atoms with van der Waals surface area (Å²) in [5.74, 6) is 0. The molecule has 0 fully saturated rings. The predicted octanol–water partition coefficient (Wildman–Crippen LogP) is 9.67. The normalized spacial score (nSPS) is 12.6. The second kappa shape index (κ2) is 6.21. The van der Waals surface area contributed by atoms with Crippen molar-refractivity contribution in [3.05, 3.63) is 103 Å². The monoisotopic (exact) mass is 463 g/mol. The zero-order valence-corrected chi connectivity index (χ0v) is 19.4. The smallest absolute Gasteiger partial charge is 0.136 e. The number of para-hydroxylation sites is 1. The summed E-state index contributed by atoms with van der Waals surface area (Å²) in [4.78, 5) is 0. The van der Waals surface area contributed by atoms with Gasteiger partial charge in [0.05, 0.1) is 11.0 Å². The third-order valence-corrected chi connectivity index (χ3v) is 8.68. The topological polar surface area (TPSA) is 17.6 Å². The lowest BCUT2D eigenvalue weighted by Crippen LogP contribution is -1.90. The third kappa shape index (κ3) is 2.24. The van der Waals surface area contributed by atoms with Crippen LogP contribution in [0.5, 0.6) is 0 Å². The molecule has 2 nitrogen and oxygen atoms in total. The van der Waals surface area contributed by atoms with E-state index in [0.29, 0.717) is 0 Å². The Kier molecular flexibility index (Phi) is 3.20. The van der Waals surface area contributed by atoms with E-state index >= 15 is 0 Å². The Bertz CT molecular complexity index is 2330. The fourth-order valence-electron chi connectivity index (χ4n) is 5.99. The Labute approximate surface area is 203 Å².